The first-order chi connectivity index (χ1) is 12.9. The monoisotopic (exact) mass is 416 g/mol. The summed E-state index contributed by atoms with van der Waals surface area (Å²) in [5.41, 5.74) is -0.626. The Morgan fingerprint density at radius 1 is 1.29 bits per heavy atom. The number of alkyl halides is 1. The Labute approximate surface area is 172 Å². The van der Waals surface area contributed by atoms with Gasteiger partial charge in [0.15, 0.2) is 5.78 Å². The van der Waals surface area contributed by atoms with E-state index in [1.165, 1.54) is 4.90 Å². The Kier molecular flexibility index (Phi) is 9.40. The zero-order valence-electron chi connectivity index (χ0n) is 17.5. The molecular formula is C20H33ClN2O5. The second-order valence-corrected chi connectivity index (χ2v) is 9.04. The molecule has 1 N–H and O–H groups in total. The van der Waals surface area contributed by atoms with Crippen molar-refractivity contribution < 1.29 is 23.9 Å². The molecule has 0 spiro atoms. The van der Waals surface area contributed by atoms with Crippen molar-refractivity contribution in [3.63, 3.8) is 0 Å². The van der Waals surface area contributed by atoms with Crippen LogP contribution in [0.1, 0.15) is 53.9 Å². The van der Waals surface area contributed by atoms with Gasteiger partial charge in [0.25, 0.3) is 0 Å². The number of hydrogen-bond acceptors (Lipinski definition) is 5. The Balaban J connectivity index is 2.83. The van der Waals surface area contributed by atoms with Gasteiger partial charge in [0, 0.05) is 19.0 Å². The van der Waals surface area contributed by atoms with Gasteiger partial charge in [-0.25, -0.2) is 0 Å². The molecule has 0 aromatic carbocycles. The van der Waals surface area contributed by atoms with Crippen molar-refractivity contribution in [2.75, 3.05) is 25.5 Å². The fraction of sp³-hybridized carbons (Fsp3) is 0.800. The predicted octanol–water partition coefficient (Wildman–Crippen LogP) is 2.15. The largest absolute Gasteiger partial charge is 0.460 e. The van der Waals surface area contributed by atoms with E-state index in [9.17, 15) is 19.2 Å². The van der Waals surface area contributed by atoms with E-state index >= 15 is 0 Å². The highest BCUT2D eigenvalue weighted by Gasteiger charge is 2.32. The van der Waals surface area contributed by atoms with Crippen molar-refractivity contribution in [1.82, 2.24) is 10.2 Å². The van der Waals surface area contributed by atoms with E-state index in [1.54, 1.807) is 20.8 Å². The highest BCUT2D eigenvalue weighted by atomic mass is 35.5. The van der Waals surface area contributed by atoms with E-state index in [0.717, 1.165) is 0 Å². The third-order valence-corrected chi connectivity index (χ3v) is 4.69. The molecule has 1 aliphatic heterocycles. The summed E-state index contributed by atoms with van der Waals surface area (Å²) in [5.74, 6) is -2.10. The standard InChI is InChI=1S/C20H33ClN2O5/c1-13(2)8-15(9-18(26)28-20(3,4)5)16(24)12-23(17(25)10-21)11-14-6-7-22-19(14)27/h13-15H,6-12H2,1-5H3,(H,22,27)/t14-,15+/m0/s1. The van der Waals surface area contributed by atoms with Gasteiger partial charge in [0.2, 0.25) is 11.8 Å². The number of nitrogens with zero attached hydrogens (tertiary/aromatic N) is 1. The molecule has 1 aliphatic rings. The molecule has 1 rings (SSSR count). The molecule has 160 valence electrons. The lowest BCUT2D eigenvalue weighted by atomic mass is 9.90. The number of esters is 1. The molecule has 8 heteroatoms. The Hall–Kier alpha value is -1.63. The van der Waals surface area contributed by atoms with E-state index in [0.29, 0.717) is 19.4 Å². The van der Waals surface area contributed by atoms with Gasteiger partial charge in [-0.3, -0.25) is 19.2 Å². The molecule has 0 unspecified atom stereocenters. The van der Waals surface area contributed by atoms with E-state index in [4.69, 9.17) is 16.3 Å². The normalized spacial score (nSPS) is 18.0. The van der Waals surface area contributed by atoms with Crippen LogP contribution in [0.5, 0.6) is 0 Å². The molecule has 0 aliphatic carbocycles. The van der Waals surface area contributed by atoms with Crippen LogP contribution in [0.15, 0.2) is 0 Å². The van der Waals surface area contributed by atoms with Crippen molar-refractivity contribution in [3.05, 3.63) is 0 Å². The van der Waals surface area contributed by atoms with Gasteiger partial charge < -0.3 is 15.0 Å². The van der Waals surface area contributed by atoms with Gasteiger partial charge in [-0.1, -0.05) is 13.8 Å². The maximum atomic E-state index is 12.9. The molecular weight excluding hydrogens is 384 g/mol. The van der Waals surface area contributed by atoms with Gasteiger partial charge >= 0.3 is 5.97 Å². The van der Waals surface area contributed by atoms with Gasteiger partial charge in [-0.05, 0) is 39.5 Å². The highest BCUT2D eigenvalue weighted by Crippen LogP contribution is 2.21. The lowest BCUT2D eigenvalue weighted by Gasteiger charge is -2.27. The molecule has 7 nitrogen and oxygen atoms in total. The van der Waals surface area contributed by atoms with Crippen LogP contribution in [-0.4, -0.2) is 59.6 Å². The summed E-state index contributed by atoms with van der Waals surface area (Å²) >= 11 is 5.70. The van der Waals surface area contributed by atoms with Crippen LogP contribution in [-0.2, 0) is 23.9 Å². The summed E-state index contributed by atoms with van der Waals surface area (Å²) in [5, 5.41) is 2.73. The molecule has 1 heterocycles. The molecule has 1 saturated heterocycles. The molecule has 0 saturated carbocycles. The summed E-state index contributed by atoms with van der Waals surface area (Å²) in [6, 6.07) is 0. The minimum Gasteiger partial charge on any atom is -0.460 e. The average molecular weight is 417 g/mol. The summed E-state index contributed by atoms with van der Waals surface area (Å²) in [6.45, 7) is 9.83. The van der Waals surface area contributed by atoms with Crippen molar-refractivity contribution >= 4 is 35.2 Å². The molecule has 0 bridgehead atoms. The van der Waals surface area contributed by atoms with Crippen LogP contribution in [0, 0.1) is 17.8 Å². The van der Waals surface area contributed by atoms with Crippen LogP contribution < -0.4 is 5.32 Å². The Bertz CT molecular complexity index is 586. The fourth-order valence-electron chi connectivity index (χ4n) is 3.22. The van der Waals surface area contributed by atoms with E-state index < -0.39 is 23.4 Å². The second-order valence-electron chi connectivity index (χ2n) is 8.77. The van der Waals surface area contributed by atoms with Crippen LogP contribution in [0.2, 0.25) is 0 Å². The summed E-state index contributed by atoms with van der Waals surface area (Å²) < 4.78 is 5.35. The van der Waals surface area contributed by atoms with Crippen molar-refractivity contribution in [2.45, 2.75) is 59.5 Å². The Morgan fingerprint density at radius 3 is 2.39 bits per heavy atom. The first-order valence-electron chi connectivity index (χ1n) is 9.79. The maximum absolute atomic E-state index is 12.9. The van der Waals surface area contributed by atoms with Crippen LogP contribution in [0.4, 0.5) is 0 Å². The van der Waals surface area contributed by atoms with E-state index in [1.807, 2.05) is 13.8 Å². The number of Topliss-reactive ketones (excluding diaryl/α,β-unsaturated/α-hetero) is 1. The lowest BCUT2D eigenvalue weighted by Crippen LogP contribution is -2.43. The summed E-state index contributed by atoms with van der Waals surface area (Å²) in [7, 11) is 0. The van der Waals surface area contributed by atoms with E-state index in [-0.39, 0.29) is 48.9 Å². The maximum Gasteiger partial charge on any atom is 0.307 e. The average Bonchev–Trinajstić information content (AvgIpc) is 2.95. The third kappa shape index (κ3) is 8.59. The highest BCUT2D eigenvalue weighted by molar-refractivity contribution is 6.27. The number of halogens is 1. The minimum atomic E-state index is -0.626. The summed E-state index contributed by atoms with van der Waals surface area (Å²) in [6.07, 6.45) is 1.11. The molecule has 0 radical (unpaired) electrons. The molecule has 2 amide bonds. The number of carbonyl (C=O) groups is 4. The van der Waals surface area contributed by atoms with Crippen molar-refractivity contribution in [1.29, 1.82) is 0 Å². The molecule has 1 fully saturated rings. The predicted molar refractivity (Wildman–Crippen MR) is 107 cm³/mol. The first kappa shape index (κ1) is 24.4. The van der Waals surface area contributed by atoms with Crippen LogP contribution in [0.3, 0.4) is 0 Å². The number of ether oxygens (including phenoxy) is 1. The van der Waals surface area contributed by atoms with Gasteiger partial charge in [0.1, 0.15) is 11.5 Å². The van der Waals surface area contributed by atoms with Gasteiger partial charge in [-0.2, -0.15) is 0 Å². The van der Waals surface area contributed by atoms with E-state index in [2.05, 4.69) is 5.32 Å². The number of ketones is 1. The van der Waals surface area contributed by atoms with Gasteiger partial charge in [0.05, 0.1) is 18.9 Å². The number of rotatable bonds is 10. The first-order valence-corrected chi connectivity index (χ1v) is 10.3. The van der Waals surface area contributed by atoms with Crippen LogP contribution >= 0.6 is 11.6 Å². The molecule has 2 atom stereocenters. The molecule has 28 heavy (non-hydrogen) atoms. The zero-order chi connectivity index (χ0) is 21.5. The van der Waals surface area contributed by atoms with Crippen molar-refractivity contribution in [2.24, 2.45) is 17.8 Å². The fourth-order valence-corrected chi connectivity index (χ4v) is 3.39. The smallest absolute Gasteiger partial charge is 0.307 e. The topological polar surface area (TPSA) is 92.8 Å². The summed E-state index contributed by atoms with van der Waals surface area (Å²) in [4.78, 5) is 50.5. The number of carbonyl (C=O) groups excluding carboxylic acids is 4. The van der Waals surface area contributed by atoms with Crippen molar-refractivity contribution in [3.8, 4) is 0 Å². The second kappa shape index (κ2) is 10.8. The third-order valence-electron chi connectivity index (χ3n) is 4.46. The zero-order valence-corrected chi connectivity index (χ0v) is 18.3. The number of hydrogen-bond donors (Lipinski definition) is 1. The van der Waals surface area contributed by atoms with Crippen LogP contribution in [0.25, 0.3) is 0 Å². The SMILES string of the molecule is CC(C)C[C@H](CC(=O)OC(C)(C)C)C(=O)CN(C[C@@H]1CCNC1=O)C(=O)CCl. The quantitative estimate of drug-likeness (QED) is 0.435. The lowest BCUT2D eigenvalue weighted by molar-refractivity contribution is -0.157. The molecule has 0 aromatic rings. The minimum absolute atomic E-state index is 0.0267. The van der Waals surface area contributed by atoms with Gasteiger partial charge in [-0.15, -0.1) is 11.6 Å². The number of amides is 2. The molecule has 0 aromatic heterocycles. The number of nitrogens with one attached hydrogen (secondary N) is 1. The Morgan fingerprint density at radius 2 is 1.93 bits per heavy atom.